The molecule has 0 spiro atoms. The third-order valence-electron chi connectivity index (χ3n) is 6.13. The predicted octanol–water partition coefficient (Wildman–Crippen LogP) is 5.41. The van der Waals surface area contributed by atoms with Gasteiger partial charge in [0.2, 0.25) is 5.91 Å². The van der Waals surface area contributed by atoms with Crippen LogP contribution in [0.3, 0.4) is 0 Å². The Balaban J connectivity index is 1.83. The van der Waals surface area contributed by atoms with Gasteiger partial charge >= 0.3 is 0 Å². The van der Waals surface area contributed by atoms with Crippen LogP contribution in [0.15, 0.2) is 65.9 Å². The fraction of sp³-hybridized carbons (Fsp3) is 0.333. The molecule has 2 aliphatic rings. The number of rotatable bonds is 5. The van der Waals surface area contributed by atoms with Crippen LogP contribution in [0.25, 0.3) is 6.08 Å². The van der Waals surface area contributed by atoms with Crippen molar-refractivity contribution in [3.8, 4) is 11.5 Å². The Bertz CT molecular complexity index is 1100. The van der Waals surface area contributed by atoms with Gasteiger partial charge in [0, 0.05) is 36.1 Å². The van der Waals surface area contributed by atoms with Gasteiger partial charge in [-0.05, 0) is 29.5 Å². The second-order valence-corrected chi connectivity index (χ2v) is 9.15. The Morgan fingerprint density at radius 3 is 2.44 bits per heavy atom. The molecule has 1 aliphatic carbocycles. The lowest BCUT2D eigenvalue weighted by molar-refractivity contribution is -0.121. The third-order valence-corrected chi connectivity index (χ3v) is 6.13. The monoisotopic (exact) mass is 431 g/mol. The smallest absolute Gasteiger partial charge is 0.232 e. The largest absolute Gasteiger partial charge is 0.497 e. The molecule has 0 fully saturated rings. The van der Waals surface area contributed by atoms with Gasteiger partial charge in [-0.2, -0.15) is 0 Å². The van der Waals surface area contributed by atoms with Crippen molar-refractivity contribution in [2.45, 2.75) is 33.1 Å². The van der Waals surface area contributed by atoms with Gasteiger partial charge in [-0.25, -0.2) is 0 Å². The summed E-state index contributed by atoms with van der Waals surface area (Å²) in [7, 11) is 3.16. The summed E-state index contributed by atoms with van der Waals surface area (Å²) in [6, 6.07) is 15.3. The van der Waals surface area contributed by atoms with Crippen LogP contribution in [0.2, 0.25) is 0 Å². The first-order valence-corrected chi connectivity index (χ1v) is 10.9. The van der Waals surface area contributed by atoms with Crippen LogP contribution in [0, 0.1) is 11.3 Å². The van der Waals surface area contributed by atoms with Gasteiger partial charge in [-0.15, -0.1) is 0 Å². The Morgan fingerprint density at radius 2 is 1.75 bits per heavy atom. The quantitative estimate of drug-likeness (QED) is 0.635. The first-order valence-electron chi connectivity index (χ1n) is 10.9. The van der Waals surface area contributed by atoms with Crippen LogP contribution in [-0.4, -0.2) is 25.9 Å². The van der Waals surface area contributed by atoms with Gasteiger partial charge < -0.3 is 9.47 Å². The summed E-state index contributed by atoms with van der Waals surface area (Å²) < 4.78 is 10.9. The van der Waals surface area contributed by atoms with Gasteiger partial charge in [-0.3, -0.25) is 14.5 Å². The van der Waals surface area contributed by atoms with E-state index in [1.165, 1.54) is 0 Å². The van der Waals surface area contributed by atoms with E-state index in [0.717, 1.165) is 16.8 Å². The number of amides is 1. The van der Waals surface area contributed by atoms with E-state index in [-0.39, 0.29) is 29.4 Å². The van der Waals surface area contributed by atoms with E-state index in [9.17, 15) is 9.59 Å². The number of nitrogens with zero attached hydrogens (tertiary/aromatic N) is 1. The van der Waals surface area contributed by atoms with Crippen molar-refractivity contribution in [3.05, 3.63) is 71.4 Å². The van der Waals surface area contributed by atoms with Crippen molar-refractivity contribution in [2.75, 3.05) is 19.1 Å². The van der Waals surface area contributed by atoms with E-state index >= 15 is 0 Å². The number of allylic oxidation sites excluding steroid dienone is 3. The molecule has 1 amide bonds. The lowest BCUT2D eigenvalue weighted by Crippen LogP contribution is -2.44. The van der Waals surface area contributed by atoms with E-state index < -0.39 is 0 Å². The van der Waals surface area contributed by atoms with Crippen molar-refractivity contribution < 1.29 is 19.1 Å². The minimum absolute atomic E-state index is 0.0413. The maximum absolute atomic E-state index is 13.5. The van der Waals surface area contributed by atoms with Crippen LogP contribution in [0.5, 0.6) is 11.5 Å². The van der Waals surface area contributed by atoms with Crippen molar-refractivity contribution in [1.29, 1.82) is 0 Å². The standard InChI is InChI=1S/C27H29NO4/c1-27(2)16-22-26(23(29)17-27)19(11-10-18-8-6-5-7-9-18)14-25(30)28(22)21-13-12-20(31-3)15-24(21)32-4/h5-13,15,19H,14,16-17H2,1-4H3/b11-10+. The summed E-state index contributed by atoms with van der Waals surface area (Å²) in [4.78, 5) is 28.5. The molecular weight excluding hydrogens is 402 g/mol. The molecule has 2 aromatic rings. The highest BCUT2D eigenvalue weighted by atomic mass is 16.5. The van der Waals surface area contributed by atoms with Gasteiger partial charge in [0.15, 0.2) is 5.78 Å². The molecule has 5 heteroatoms. The number of hydrogen-bond acceptors (Lipinski definition) is 4. The van der Waals surface area contributed by atoms with Crippen molar-refractivity contribution in [2.24, 2.45) is 11.3 Å². The average molecular weight is 432 g/mol. The summed E-state index contributed by atoms with van der Waals surface area (Å²) in [5, 5.41) is 0. The molecule has 32 heavy (non-hydrogen) atoms. The maximum Gasteiger partial charge on any atom is 0.232 e. The number of anilines is 1. The van der Waals surface area contributed by atoms with Crippen molar-refractivity contribution in [1.82, 2.24) is 0 Å². The highest BCUT2D eigenvalue weighted by molar-refractivity contribution is 6.07. The van der Waals surface area contributed by atoms with Gasteiger partial charge in [0.1, 0.15) is 11.5 Å². The Labute approximate surface area is 189 Å². The summed E-state index contributed by atoms with van der Waals surface area (Å²) in [5.74, 6) is 1.03. The molecule has 1 heterocycles. The number of Topliss-reactive ketones (excluding diaryl/α,β-unsaturated/α-hetero) is 1. The van der Waals surface area contributed by atoms with Gasteiger partial charge in [0.05, 0.1) is 19.9 Å². The molecule has 0 radical (unpaired) electrons. The van der Waals surface area contributed by atoms with Crippen molar-refractivity contribution in [3.63, 3.8) is 0 Å². The number of ether oxygens (including phenoxy) is 2. The molecule has 5 nitrogen and oxygen atoms in total. The van der Waals surface area contributed by atoms with E-state index in [1.807, 2.05) is 54.6 Å². The van der Waals surface area contributed by atoms with Gasteiger partial charge in [0.25, 0.3) is 0 Å². The second-order valence-electron chi connectivity index (χ2n) is 9.15. The van der Waals surface area contributed by atoms with Crippen LogP contribution in [0.1, 0.15) is 38.7 Å². The fourth-order valence-corrected chi connectivity index (χ4v) is 4.66. The molecule has 1 unspecified atom stereocenters. The SMILES string of the molecule is COc1ccc(N2C(=O)CC(/C=C/c3ccccc3)C3=C2CC(C)(C)CC3=O)c(OC)c1. The zero-order valence-electron chi connectivity index (χ0n) is 19.1. The molecule has 0 aromatic heterocycles. The third kappa shape index (κ3) is 4.20. The number of benzene rings is 2. The molecule has 2 aromatic carbocycles. The number of carbonyl (C=O) groups excluding carboxylic acids is 2. The molecule has 1 atom stereocenters. The highest BCUT2D eigenvalue weighted by Crippen LogP contribution is 2.47. The summed E-state index contributed by atoms with van der Waals surface area (Å²) in [6.45, 7) is 4.15. The van der Waals surface area contributed by atoms with Crippen molar-refractivity contribution >= 4 is 23.5 Å². The molecule has 0 saturated carbocycles. The lowest BCUT2D eigenvalue weighted by Gasteiger charge is -2.42. The predicted molar refractivity (Wildman–Crippen MR) is 126 cm³/mol. The summed E-state index contributed by atoms with van der Waals surface area (Å²) >= 11 is 0. The van der Waals surface area contributed by atoms with E-state index in [4.69, 9.17) is 9.47 Å². The van der Waals surface area contributed by atoms with Crippen LogP contribution in [-0.2, 0) is 9.59 Å². The first kappa shape index (κ1) is 21.9. The van der Waals surface area contributed by atoms with Crippen LogP contribution < -0.4 is 14.4 Å². The minimum atomic E-state index is -0.234. The lowest BCUT2D eigenvalue weighted by atomic mass is 9.70. The van der Waals surface area contributed by atoms with E-state index in [0.29, 0.717) is 30.0 Å². The fourth-order valence-electron chi connectivity index (χ4n) is 4.66. The average Bonchev–Trinajstić information content (AvgIpc) is 2.77. The zero-order valence-corrected chi connectivity index (χ0v) is 19.1. The number of carbonyl (C=O) groups is 2. The normalized spacial score (nSPS) is 20.5. The summed E-state index contributed by atoms with van der Waals surface area (Å²) in [6.07, 6.45) is 5.36. The number of methoxy groups -OCH3 is 2. The maximum atomic E-state index is 13.5. The Morgan fingerprint density at radius 1 is 1.00 bits per heavy atom. The first-order chi connectivity index (χ1) is 15.3. The molecule has 1 aliphatic heterocycles. The van der Waals surface area contributed by atoms with Crippen LogP contribution >= 0.6 is 0 Å². The molecule has 166 valence electrons. The van der Waals surface area contributed by atoms with Crippen LogP contribution in [0.4, 0.5) is 5.69 Å². The zero-order chi connectivity index (χ0) is 22.9. The topological polar surface area (TPSA) is 55.8 Å². The van der Waals surface area contributed by atoms with Gasteiger partial charge in [-0.1, -0.05) is 56.3 Å². The molecule has 0 N–H and O–H groups in total. The van der Waals surface area contributed by atoms with E-state index in [1.54, 1.807) is 25.2 Å². The second kappa shape index (κ2) is 8.65. The molecule has 0 saturated heterocycles. The molecular formula is C27H29NO4. The number of ketones is 1. The minimum Gasteiger partial charge on any atom is -0.497 e. The highest BCUT2D eigenvalue weighted by Gasteiger charge is 2.43. The Hall–Kier alpha value is -3.34. The summed E-state index contributed by atoms with van der Waals surface area (Å²) in [5.41, 5.74) is 2.99. The number of hydrogen-bond donors (Lipinski definition) is 0. The Kier molecular flexibility index (Phi) is 5.92. The van der Waals surface area contributed by atoms with E-state index in [2.05, 4.69) is 13.8 Å². The molecule has 4 rings (SSSR count). The molecule has 0 bridgehead atoms.